The first-order valence-corrected chi connectivity index (χ1v) is 6.05. The van der Waals surface area contributed by atoms with Crippen LogP contribution in [0.15, 0.2) is 18.2 Å². The number of carboxylic acid groups (broad SMARTS) is 1. The first-order valence-electron chi connectivity index (χ1n) is 6.05. The van der Waals surface area contributed by atoms with Crippen molar-refractivity contribution in [3.8, 4) is 11.4 Å². The highest BCUT2D eigenvalue weighted by Crippen LogP contribution is 2.22. The van der Waals surface area contributed by atoms with Crippen LogP contribution in [-0.2, 0) is 11.3 Å². The summed E-state index contributed by atoms with van der Waals surface area (Å²) in [6.07, 6.45) is 0. The van der Waals surface area contributed by atoms with Gasteiger partial charge in [0.15, 0.2) is 5.82 Å². The van der Waals surface area contributed by atoms with E-state index in [1.807, 2.05) is 26.0 Å². The quantitative estimate of drug-likeness (QED) is 0.904. The molecule has 1 N–H and O–H groups in total. The second-order valence-corrected chi connectivity index (χ2v) is 4.74. The van der Waals surface area contributed by atoms with Crippen LogP contribution in [0.3, 0.4) is 0 Å². The third-order valence-electron chi connectivity index (χ3n) is 3.02. The maximum absolute atomic E-state index is 10.9. The van der Waals surface area contributed by atoms with Gasteiger partial charge in [-0.25, -0.2) is 4.68 Å². The van der Waals surface area contributed by atoms with Crippen LogP contribution in [0.25, 0.3) is 11.4 Å². The molecule has 1 aromatic carbocycles. The van der Waals surface area contributed by atoms with E-state index in [2.05, 4.69) is 21.6 Å². The second-order valence-electron chi connectivity index (χ2n) is 4.74. The highest BCUT2D eigenvalue weighted by Gasteiger charge is 2.17. The van der Waals surface area contributed by atoms with E-state index in [1.54, 1.807) is 6.92 Å². The van der Waals surface area contributed by atoms with Crippen LogP contribution in [0.5, 0.6) is 0 Å². The normalized spacial score (nSPS) is 12.4. The highest BCUT2D eigenvalue weighted by molar-refractivity contribution is 5.69. The number of tetrazole rings is 1. The summed E-state index contributed by atoms with van der Waals surface area (Å²) in [5.74, 6) is -0.791. The van der Waals surface area contributed by atoms with E-state index in [9.17, 15) is 4.79 Å². The lowest BCUT2D eigenvalue weighted by Crippen LogP contribution is -2.18. The van der Waals surface area contributed by atoms with Gasteiger partial charge >= 0.3 is 5.97 Å². The first-order chi connectivity index (χ1) is 8.99. The lowest BCUT2D eigenvalue weighted by atomic mass is 10.1. The fraction of sp³-hybridized carbons (Fsp3) is 0.385. The van der Waals surface area contributed by atoms with Crippen LogP contribution in [0.1, 0.15) is 18.1 Å². The van der Waals surface area contributed by atoms with Crippen molar-refractivity contribution in [2.45, 2.75) is 27.3 Å². The van der Waals surface area contributed by atoms with E-state index in [0.717, 1.165) is 11.1 Å². The summed E-state index contributed by atoms with van der Waals surface area (Å²) in [4.78, 5) is 10.9. The van der Waals surface area contributed by atoms with E-state index >= 15 is 0 Å². The Hall–Kier alpha value is -2.24. The Morgan fingerprint density at radius 1 is 1.42 bits per heavy atom. The van der Waals surface area contributed by atoms with Gasteiger partial charge in [0, 0.05) is 5.56 Å². The Bertz CT molecular complexity index is 606. The number of hydrogen-bond acceptors (Lipinski definition) is 4. The summed E-state index contributed by atoms with van der Waals surface area (Å²) in [5.41, 5.74) is 3.16. The Morgan fingerprint density at radius 2 is 2.16 bits per heavy atom. The molecule has 0 aliphatic rings. The van der Waals surface area contributed by atoms with Crippen molar-refractivity contribution in [1.82, 2.24) is 20.2 Å². The van der Waals surface area contributed by atoms with Gasteiger partial charge in [0.2, 0.25) is 0 Å². The molecule has 0 amide bonds. The minimum atomic E-state index is -0.859. The van der Waals surface area contributed by atoms with E-state index in [1.165, 1.54) is 10.2 Å². The van der Waals surface area contributed by atoms with Gasteiger partial charge in [-0.1, -0.05) is 30.7 Å². The molecule has 0 saturated heterocycles. The lowest BCUT2D eigenvalue weighted by molar-refractivity contribution is -0.141. The molecule has 19 heavy (non-hydrogen) atoms. The van der Waals surface area contributed by atoms with E-state index < -0.39 is 11.9 Å². The molecular formula is C13H16N4O2. The molecule has 0 fully saturated rings. The maximum atomic E-state index is 10.9. The number of aryl methyl sites for hydroxylation is 2. The molecule has 0 radical (unpaired) electrons. The van der Waals surface area contributed by atoms with Crippen molar-refractivity contribution in [3.05, 3.63) is 29.3 Å². The van der Waals surface area contributed by atoms with Gasteiger partial charge in [-0.15, -0.1) is 5.10 Å². The van der Waals surface area contributed by atoms with Crippen molar-refractivity contribution in [1.29, 1.82) is 0 Å². The van der Waals surface area contributed by atoms with Crippen LogP contribution in [0.4, 0.5) is 0 Å². The van der Waals surface area contributed by atoms with Crippen molar-refractivity contribution in [2.24, 2.45) is 5.92 Å². The molecule has 6 heteroatoms. The number of carboxylic acids is 1. The molecule has 1 unspecified atom stereocenters. The number of carbonyl (C=O) groups is 1. The van der Waals surface area contributed by atoms with Gasteiger partial charge in [-0.2, -0.15) is 0 Å². The van der Waals surface area contributed by atoms with Crippen molar-refractivity contribution in [2.75, 3.05) is 0 Å². The van der Waals surface area contributed by atoms with Crippen molar-refractivity contribution >= 4 is 5.97 Å². The largest absolute Gasteiger partial charge is 0.481 e. The zero-order valence-electron chi connectivity index (χ0n) is 11.2. The molecule has 1 heterocycles. The Kier molecular flexibility index (Phi) is 3.59. The minimum absolute atomic E-state index is 0.255. The standard InChI is InChI=1S/C13H16N4O2/c1-8-4-5-11(9(2)6-8)12-14-15-16-17(12)7-10(3)13(18)19/h4-6,10H,7H2,1-3H3,(H,18,19). The van der Waals surface area contributed by atoms with Gasteiger partial charge in [0.05, 0.1) is 12.5 Å². The molecule has 0 saturated carbocycles. The molecule has 1 atom stereocenters. The van der Waals surface area contributed by atoms with Gasteiger partial charge in [-0.05, 0) is 29.8 Å². The molecule has 100 valence electrons. The maximum Gasteiger partial charge on any atom is 0.308 e. The fourth-order valence-corrected chi connectivity index (χ4v) is 1.92. The van der Waals surface area contributed by atoms with Crippen LogP contribution in [-0.4, -0.2) is 31.3 Å². The molecule has 6 nitrogen and oxygen atoms in total. The molecule has 2 aromatic rings. The SMILES string of the molecule is Cc1ccc(-c2nnnn2CC(C)C(=O)O)c(C)c1. The number of nitrogens with zero attached hydrogens (tertiary/aromatic N) is 4. The molecule has 0 aliphatic carbocycles. The molecule has 2 rings (SSSR count). The lowest BCUT2D eigenvalue weighted by Gasteiger charge is -2.10. The average Bonchev–Trinajstić information content (AvgIpc) is 2.77. The third kappa shape index (κ3) is 2.78. The summed E-state index contributed by atoms with van der Waals surface area (Å²) in [6.45, 7) is 5.90. The van der Waals surface area contributed by atoms with Gasteiger partial charge in [-0.3, -0.25) is 4.79 Å². The molecular weight excluding hydrogens is 244 g/mol. The van der Waals surface area contributed by atoms with Gasteiger partial charge in [0.25, 0.3) is 0 Å². The van der Waals surface area contributed by atoms with Crippen LogP contribution in [0, 0.1) is 19.8 Å². The molecule has 0 aliphatic heterocycles. The topological polar surface area (TPSA) is 80.9 Å². The first kappa shape index (κ1) is 13.2. The van der Waals surface area contributed by atoms with E-state index in [4.69, 9.17) is 5.11 Å². The zero-order valence-corrected chi connectivity index (χ0v) is 11.2. The number of aromatic nitrogens is 4. The Labute approximate surface area is 111 Å². The fourth-order valence-electron chi connectivity index (χ4n) is 1.92. The average molecular weight is 260 g/mol. The number of aliphatic carboxylic acids is 1. The molecule has 0 spiro atoms. The monoisotopic (exact) mass is 260 g/mol. The van der Waals surface area contributed by atoms with Crippen LogP contribution in [0.2, 0.25) is 0 Å². The molecule has 1 aromatic heterocycles. The smallest absolute Gasteiger partial charge is 0.308 e. The van der Waals surface area contributed by atoms with Gasteiger partial charge < -0.3 is 5.11 Å². The number of rotatable bonds is 4. The summed E-state index contributed by atoms with van der Waals surface area (Å²) >= 11 is 0. The van der Waals surface area contributed by atoms with Crippen molar-refractivity contribution in [3.63, 3.8) is 0 Å². The summed E-state index contributed by atoms with van der Waals surface area (Å²) in [5, 5.41) is 20.5. The third-order valence-corrected chi connectivity index (χ3v) is 3.02. The summed E-state index contributed by atoms with van der Waals surface area (Å²) in [6, 6.07) is 6.00. The highest BCUT2D eigenvalue weighted by atomic mass is 16.4. The van der Waals surface area contributed by atoms with Crippen LogP contribution < -0.4 is 0 Å². The molecule has 0 bridgehead atoms. The summed E-state index contributed by atoms with van der Waals surface area (Å²) in [7, 11) is 0. The van der Waals surface area contributed by atoms with Crippen LogP contribution >= 0.6 is 0 Å². The Morgan fingerprint density at radius 3 is 2.79 bits per heavy atom. The predicted octanol–water partition coefficient (Wildman–Crippen LogP) is 1.68. The Balaban J connectivity index is 2.36. The van der Waals surface area contributed by atoms with Crippen molar-refractivity contribution < 1.29 is 9.90 Å². The zero-order chi connectivity index (χ0) is 14.0. The van der Waals surface area contributed by atoms with Gasteiger partial charge in [0.1, 0.15) is 0 Å². The minimum Gasteiger partial charge on any atom is -0.481 e. The number of hydrogen-bond donors (Lipinski definition) is 1. The predicted molar refractivity (Wildman–Crippen MR) is 69.5 cm³/mol. The number of benzene rings is 1. The second kappa shape index (κ2) is 5.17. The van der Waals surface area contributed by atoms with E-state index in [-0.39, 0.29) is 6.54 Å². The van der Waals surface area contributed by atoms with E-state index in [0.29, 0.717) is 5.82 Å². The summed E-state index contributed by atoms with van der Waals surface area (Å²) < 4.78 is 1.54.